The van der Waals surface area contributed by atoms with Crippen molar-refractivity contribution in [1.82, 2.24) is 20.2 Å². The summed E-state index contributed by atoms with van der Waals surface area (Å²) in [6, 6.07) is 0.217. The average Bonchev–Trinajstić information content (AvgIpc) is 2.85. The van der Waals surface area contributed by atoms with Gasteiger partial charge in [0.1, 0.15) is 0 Å². The van der Waals surface area contributed by atoms with Crippen molar-refractivity contribution >= 4 is 0 Å². The molecule has 0 bridgehead atoms. The highest BCUT2D eigenvalue weighted by atomic mass is 15.2. The molecule has 1 aliphatic rings. The summed E-state index contributed by atoms with van der Waals surface area (Å²) >= 11 is 0. The molecular formula is C13H22N4. The van der Waals surface area contributed by atoms with E-state index < -0.39 is 0 Å². The zero-order valence-corrected chi connectivity index (χ0v) is 11.0. The van der Waals surface area contributed by atoms with E-state index in [4.69, 9.17) is 0 Å². The molecule has 1 atom stereocenters. The summed E-state index contributed by atoms with van der Waals surface area (Å²) in [6.07, 6.45) is 7.96. The predicted octanol–water partition coefficient (Wildman–Crippen LogP) is 1.61. The Balaban J connectivity index is 2.22. The normalized spacial score (nSPS) is 19.5. The lowest BCUT2D eigenvalue weighted by atomic mass is 9.90. The van der Waals surface area contributed by atoms with Gasteiger partial charge in [-0.05, 0) is 46.8 Å². The summed E-state index contributed by atoms with van der Waals surface area (Å²) in [6.45, 7) is 6.94. The molecule has 1 N–H and O–H groups in total. The van der Waals surface area contributed by atoms with Crippen LogP contribution in [0.4, 0.5) is 0 Å². The van der Waals surface area contributed by atoms with Crippen LogP contribution in [0, 0.1) is 0 Å². The average molecular weight is 234 g/mol. The molecule has 0 radical (unpaired) electrons. The van der Waals surface area contributed by atoms with Gasteiger partial charge in [-0.1, -0.05) is 0 Å². The van der Waals surface area contributed by atoms with Crippen LogP contribution in [0.3, 0.4) is 0 Å². The Morgan fingerprint density at radius 3 is 2.53 bits per heavy atom. The van der Waals surface area contributed by atoms with Gasteiger partial charge in [-0.15, -0.1) is 0 Å². The van der Waals surface area contributed by atoms with Crippen LogP contribution in [0.15, 0.2) is 18.6 Å². The molecule has 0 saturated carbocycles. The Kier molecular flexibility index (Phi) is 3.74. The molecule has 4 heteroatoms. The van der Waals surface area contributed by atoms with Crippen LogP contribution in [0.2, 0.25) is 0 Å². The second-order valence-electron chi connectivity index (χ2n) is 5.20. The predicted molar refractivity (Wildman–Crippen MR) is 68.7 cm³/mol. The van der Waals surface area contributed by atoms with Crippen molar-refractivity contribution in [2.75, 3.05) is 20.1 Å². The number of nitrogens with one attached hydrogen (secondary N) is 1. The Morgan fingerprint density at radius 1 is 1.29 bits per heavy atom. The molecule has 1 unspecified atom stereocenters. The molecule has 0 amide bonds. The first-order valence-electron chi connectivity index (χ1n) is 6.34. The van der Waals surface area contributed by atoms with E-state index in [2.05, 4.69) is 34.0 Å². The maximum atomic E-state index is 4.44. The molecule has 0 aliphatic carbocycles. The summed E-state index contributed by atoms with van der Waals surface area (Å²) in [7, 11) is 2.00. The van der Waals surface area contributed by atoms with Gasteiger partial charge in [0.05, 0.1) is 17.9 Å². The number of likely N-dealkylation sites (N-methyl/N-ethyl adjacent to an activating group) is 1. The van der Waals surface area contributed by atoms with Gasteiger partial charge in [0, 0.05) is 17.9 Å². The number of aromatic nitrogens is 2. The van der Waals surface area contributed by atoms with Crippen LogP contribution in [0.1, 0.15) is 38.4 Å². The second-order valence-corrected chi connectivity index (χ2v) is 5.20. The van der Waals surface area contributed by atoms with Crippen LogP contribution in [-0.2, 0) is 0 Å². The Labute approximate surface area is 103 Å². The van der Waals surface area contributed by atoms with Gasteiger partial charge in [0.2, 0.25) is 0 Å². The summed E-state index contributed by atoms with van der Waals surface area (Å²) in [4.78, 5) is 11.2. The monoisotopic (exact) mass is 234 g/mol. The van der Waals surface area contributed by atoms with E-state index in [9.17, 15) is 0 Å². The maximum absolute atomic E-state index is 4.44. The molecule has 1 aromatic heterocycles. The zero-order valence-electron chi connectivity index (χ0n) is 11.0. The molecule has 94 valence electrons. The van der Waals surface area contributed by atoms with Crippen molar-refractivity contribution in [2.45, 2.75) is 38.3 Å². The third-order valence-electron chi connectivity index (χ3n) is 3.80. The van der Waals surface area contributed by atoms with Gasteiger partial charge in [-0.3, -0.25) is 14.9 Å². The quantitative estimate of drug-likeness (QED) is 0.859. The first-order valence-corrected chi connectivity index (χ1v) is 6.34. The van der Waals surface area contributed by atoms with E-state index in [0.717, 1.165) is 5.69 Å². The van der Waals surface area contributed by atoms with Gasteiger partial charge in [0.15, 0.2) is 0 Å². The van der Waals surface area contributed by atoms with Gasteiger partial charge in [0.25, 0.3) is 0 Å². The molecule has 1 aromatic rings. The number of hydrogen-bond acceptors (Lipinski definition) is 4. The minimum Gasteiger partial charge on any atom is -0.310 e. The largest absolute Gasteiger partial charge is 0.310 e. The lowest BCUT2D eigenvalue weighted by Crippen LogP contribution is -2.51. The zero-order chi connectivity index (χ0) is 12.3. The number of likely N-dealkylation sites (tertiary alicyclic amines) is 1. The Bertz CT molecular complexity index is 344. The van der Waals surface area contributed by atoms with Gasteiger partial charge in [-0.2, -0.15) is 0 Å². The van der Waals surface area contributed by atoms with Gasteiger partial charge >= 0.3 is 0 Å². The lowest BCUT2D eigenvalue weighted by Gasteiger charge is -2.41. The smallest absolute Gasteiger partial charge is 0.0774 e. The molecule has 1 aliphatic heterocycles. The SMILES string of the molecule is CNC(c1cnccn1)C(C)(C)N1CCCC1. The molecule has 2 rings (SSSR count). The number of nitrogens with zero attached hydrogens (tertiary/aromatic N) is 3. The van der Waals surface area contributed by atoms with Crippen LogP contribution < -0.4 is 5.32 Å². The molecule has 4 nitrogen and oxygen atoms in total. The van der Waals surface area contributed by atoms with E-state index in [1.807, 2.05) is 13.2 Å². The summed E-state index contributed by atoms with van der Waals surface area (Å²) in [5, 5.41) is 3.39. The van der Waals surface area contributed by atoms with Crippen molar-refractivity contribution in [3.63, 3.8) is 0 Å². The molecule has 1 saturated heterocycles. The topological polar surface area (TPSA) is 41.1 Å². The highest BCUT2D eigenvalue weighted by molar-refractivity contribution is 5.10. The van der Waals surface area contributed by atoms with Crippen molar-refractivity contribution in [3.8, 4) is 0 Å². The molecule has 2 heterocycles. The summed E-state index contributed by atoms with van der Waals surface area (Å²) in [5.41, 5.74) is 1.09. The molecule has 17 heavy (non-hydrogen) atoms. The standard InChI is InChI=1S/C13H22N4/c1-13(2,17-8-4-5-9-17)12(14-3)11-10-15-6-7-16-11/h6-7,10,12,14H,4-5,8-9H2,1-3H3. The second kappa shape index (κ2) is 5.10. The number of rotatable bonds is 4. The third kappa shape index (κ3) is 2.48. The fourth-order valence-corrected chi connectivity index (χ4v) is 2.80. The van der Waals surface area contributed by atoms with E-state index in [1.54, 1.807) is 12.4 Å². The van der Waals surface area contributed by atoms with Crippen molar-refractivity contribution in [3.05, 3.63) is 24.3 Å². The van der Waals surface area contributed by atoms with Crippen molar-refractivity contribution < 1.29 is 0 Å². The minimum atomic E-state index is 0.0707. The fraction of sp³-hybridized carbons (Fsp3) is 0.692. The highest BCUT2D eigenvalue weighted by Crippen LogP contribution is 2.32. The first kappa shape index (κ1) is 12.5. The molecule has 1 fully saturated rings. The Hall–Kier alpha value is -1.00. The minimum absolute atomic E-state index is 0.0707. The fourth-order valence-electron chi connectivity index (χ4n) is 2.80. The van der Waals surface area contributed by atoms with Crippen LogP contribution in [0.25, 0.3) is 0 Å². The Morgan fingerprint density at radius 2 is 2.00 bits per heavy atom. The van der Waals surface area contributed by atoms with E-state index in [1.165, 1.54) is 25.9 Å². The van der Waals surface area contributed by atoms with Crippen molar-refractivity contribution in [1.29, 1.82) is 0 Å². The van der Waals surface area contributed by atoms with Crippen LogP contribution in [-0.4, -0.2) is 40.5 Å². The third-order valence-corrected chi connectivity index (χ3v) is 3.80. The molecular weight excluding hydrogens is 212 g/mol. The summed E-state index contributed by atoms with van der Waals surface area (Å²) < 4.78 is 0. The highest BCUT2D eigenvalue weighted by Gasteiger charge is 2.37. The number of hydrogen-bond donors (Lipinski definition) is 1. The van der Waals surface area contributed by atoms with E-state index in [0.29, 0.717) is 0 Å². The molecule has 0 spiro atoms. The van der Waals surface area contributed by atoms with Gasteiger partial charge in [-0.25, -0.2) is 0 Å². The first-order chi connectivity index (χ1) is 8.16. The van der Waals surface area contributed by atoms with E-state index in [-0.39, 0.29) is 11.6 Å². The maximum Gasteiger partial charge on any atom is 0.0774 e. The van der Waals surface area contributed by atoms with Crippen LogP contribution >= 0.6 is 0 Å². The van der Waals surface area contributed by atoms with Crippen molar-refractivity contribution in [2.24, 2.45) is 0 Å². The van der Waals surface area contributed by atoms with Gasteiger partial charge < -0.3 is 5.32 Å². The van der Waals surface area contributed by atoms with Crippen LogP contribution in [0.5, 0.6) is 0 Å². The van der Waals surface area contributed by atoms with E-state index >= 15 is 0 Å². The molecule has 0 aromatic carbocycles. The summed E-state index contributed by atoms with van der Waals surface area (Å²) in [5.74, 6) is 0. The lowest BCUT2D eigenvalue weighted by molar-refractivity contribution is 0.108.